The van der Waals surface area contributed by atoms with Gasteiger partial charge in [0.15, 0.2) is 0 Å². The van der Waals surface area contributed by atoms with Gasteiger partial charge in [0.1, 0.15) is 0 Å². The van der Waals surface area contributed by atoms with Crippen molar-refractivity contribution in [3.05, 3.63) is 46.8 Å². The van der Waals surface area contributed by atoms with Gasteiger partial charge in [-0.1, -0.05) is 31.4 Å². The van der Waals surface area contributed by atoms with Gasteiger partial charge in [-0.2, -0.15) is 5.10 Å². The maximum Gasteiger partial charge on any atom is 0.264 e. The number of carbonyl (C=O) groups excluding carboxylic acids is 1. The molecule has 1 aromatic heterocycles. The van der Waals surface area contributed by atoms with Gasteiger partial charge in [-0.15, -0.1) is 0 Å². The van der Waals surface area contributed by atoms with Gasteiger partial charge in [-0.05, 0) is 31.0 Å². The van der Waals surface area contributed by atoms with Crippen LogP contribution in [0.3, 0.4) is 0 Å². The highest BCUT2D eigenvalue weighted by molar-refractivity contribution is 5.92. The summed E-state index contributed by atoms with van der Waals surface area (Å²) < 4.78 is 0. The van der Waals surface area contributed by atoms with Crippen molar-refractivity contribution in [3.63, 3.8) is 0 Å². The lowest BCUT2D eigenvalue weighted by Crippen LogP contribution is -2.24. The smallest absolute Gasteiger partial charge is 0.264 e. The van der Waals surface area contributed by atoms with Crippen LogP contribution in [-0.4, -0.2) is 16.1 Å². The highest BCUT2D eigenvalue weighted by atomic mass is 16.2. The minimum atomic E-state index is -0.222. The van der Waals surface area contributed by atoms with Gasteiger partial charge in [0.25, 0.3) is 5.56 Å². The predicted octanol–water partition coefficient (Wildman–Crippen LogP) is 2.96. The fraction of sp³-hybridized carbons (Fsp3) is 0.353. The van der Waals surface area contributed by atoms with Crippen LogP contribution in [0, 0.1) is 5.92 Å². The van der Waals surface area contributed by atoms with Crippen molar-refractivity contribution in [1.29, 1.82) is 0 Å². The van der Waals surface area contributed by atoms with E-state index in [0.29, 0.717) is 5.69 Å². The molecule has 0 saturated heterocycles. The van der Waals surface area contributed by atoms with Crippen LogP contribution in [0.15, 0.2) is 41.2 Å². The van der Waals surface area contributed by atoms with E-state index in [1.54, 1.807) is 6.07 Å². The van der Waals surface area contributed by atoms with Crippen LogP contribution in [0.2, 0.25) is 0 Å². The molecule has 0 bridgehead atoms. The van der Waals surface area contributed by atoms with Crippen molar-refractivity contribution in [3.8, 4) is 11.3 Å². The van der Waals surface area contributed by atoms with E-state index in [2.05, 4.69) is 15.5 Å². The number of benzene rings is 1. The monoisotopic (exact) mass is 297 g/mol. The van der Waals surface area contributed by atoms with Gasteiger partial charge < -0.3 is 5.32 Å². The van der Waals surface area contributed by atoms with E-state index >= 15 is 0 Å². The molecule has 0 aliphatic heterocycles. The SMILES string of the molecule is O=C(Nc1ccc(-c2ccc(=O)[nH]n2)cc1)C1CCCCC1. The number of aromatic amines is 1. The first-order chi connectivity index (χ1) is 10.7. The van der Waals surface area contributed by atoms with Crippen molar-refractivity contribution in [2.45, 2.75) is 32.1 Å². The van der Waals surface area contributed by atoms with E-state index < -0.39 is 0 Å². The number of rotatable bonds is 3. The number of nitrogens with one attached hydrogen (secondary N) is 2. The molecule has 1 saturated carbocycles. The summed E-state index contributed by atoms with van der Waals surface area (Å²) in [4.78, 5) is 23.2. The van der Waals surface area contributed by atoms with E-state index in [9.17, 15) is 9.59 Å². The Morgan fingerprint density at radius 2 is 1.77 bits per heavy atom. The summed E-state index contributed by atoms with van der Waals surface area (Å²) in [7, 11) is 0. The first kappa shape index (κ1) is 14.5. The number of anilines is 1. The van der Waals surface area contributed by atoms with Crippen LogP contribution in [0.1, 0.15) is 32.1 Å². The average Bonchev–Trinajstić information content (AvgIpc) is 2.57. The Kier molecular flexibility index (Phi) is 4.32. The van der Waals surface area contributed by atoms with E-state index in [-0.39, 0.29) is 17.4 Å². The first-order valence-corrected chi connectivity index (χ1v) is 7.69. The lowest BCUT2D eigenvalue weighted by Gasteiger charge is -2.20. The van der Waals surface area contributed by atoms with E-state index in [4.69, 9.17) is 0 Å². The number of hydrogen-bond donors (Lipinski definition) is 2. The first-order valence-electron chi connectivity index (χ1n) is 7.69. The Bertz CT molecular complexity index is 680. The van der Waals surface area contributed by atoms with Gasteiger partial charge in [0, 0.05) is 23.2 Å². The van der Waals surface area contributed by atoms with Gasteiger partial charge in [-0.25, -0.2) is 5.10 Å². The third kappa shape index (κ3) is 3.42. The quantitative estimate of drug-likeness (QED) is 0.914. The zero-order chi connectivity index (χ0) is 15.4. The lowest BCUT2D eigenvalue weighted by molar-refractivity contribution is -0.120. The van der Waals surface area contributed by atoms with Crippen LogP contribution in [-0.2, 0) is 4.79 Å². The molecule has 5 heteroatoms. The number of nitrogens with zero attached hydrogens (tertiary/aromatic N) is 1. The molecule has 0 spiro atoms. The van der Waals surface area contributed by atoms with Gasteiger partial charge in [0.2, 0.25) is 5.91 Å². The van der Waals surface area contributed by atoms with Crippen LogP contribution in [0.5, 0.6) is 0 Å². The normalized spacial score (nSPS) is 15.5. The molecule has 0 atom stereocenters. The molecule has 5 nitrogen and oxygen atoms in total. The van der Waals surface area contributed by atoms with Crippen LogP contribution >= 0.6 is 0 Å². The van der Waals surface area contributed by atoms with Crippen molar-refractivity contribution >= 4 is 11.6 Å². The highest BCUT2D eigenvalue weighted by Gasteiger charge is 2.20. The molecular formula is C17H19N3O2. The zero-order valence-electron chi connectivity index (χ0n) is 12.3. The Balaban J connectivity index is 1.67. The Hall–Kier alpha value is -2.43. The second-order valence-corrected chi connectivity index (χ2v) is 5.71. The van der Waals surface area contributed by atoms with E-state index in [0.717, 1.165) is 36.9 Å². The molecule has 3 rings (SSSR count). The maximum atomic E-state index is 12.2. The van der Waals surface area contributed by atoms with Gasteiger partial charge in [-0.3, -0.25) is 9.59 Å². The van der Waals surface area contributed by atoms with Crippen LogP contribution in [0.4, 0.5) is 5.69 Å². The van der Waals surface area contributed by atoms with E-state index in [1.807, 2.05) is 24.3 Å². The third-order valence-corrected chi connectivity index (χ3v) is 4.10. The second-order valence-electron chi connectivity index (χ2n) is 5.71. The molecule has 1 aromatic carbocycles. The second kappa shape index (κ2) is 6.56. The lowest BCUT2D eigenvalue weighted by atomic mass is 9.88. The van der Waals surface area contributed by atoms with E-state index in [1.165, 1.54) is 12.5 Å². The molecule has 1 heterocycles. The van der Waals surface area contributed by atoms with Crippen LogP contribution in [0.25, 0.3) is 11.3 Å². The topological polar surface area (TPSA) is 74.8 Å². The fourth-order valence-electron chi connectivity index (χ4n) is 2.84. The average molecular weight is 297 g/mol. The zero-order valence-corrected chi connectivity index (χ0v) is 12.3. The van der Waals surface area contributed by atoms with Crippen molar-refractivity contribution in [2.24, 2.45) is 5.92 Å². The summed E-state index contributed by atoms with van der Waals surface area (Å²) >= 11 is 0. The van der Waals surface area contributed by atoms with Crippen LogP contribution < -0.4 is 10.9 Å². The van der Waals surface area contributed by atoms with Gasteiger partial charge >= 0.3 is 0 Å². The summed E-state index contributed by atoms with van der Waals surface area (Å²) in [6.07, 6.45) is 5.52. The van der Waals surface area contributed by atoms with Gasteiger partial charge in [0.05, 0.1) is 5.69 Å². The molecule has 114 valence electrons. The molecule has 0 unspecified atom stereocenters. The molecule has 1 amide bonds. The minimum absolute atomic E-state index is 0.120. The Labute approximate surface area is 128 Å². The molecule has 2 N–H and O–H groups in total. The third-order valence-electron chi connectivity index (χ3n) is 4.10. The van der Waals surface area contributed by atoms with Crippen molar-refractivity contribution in [1.82, 2.24) is 10.2 Å². The molecular weight excluding hydrogens is 278 g/mol. The molecule has 22 heavy (non-hydrogen) atoms. The summed E-state index contributed by atoms with van der Waals surface area (Å²) in [5, 5.41) is 9.38. The Morgan fingerprint density at radius 3 is 2.41 bits per heavy atom. The molecule has 2 aromatic rings. The summed E-state index contributed by atoms with van der Waals surface area (Å²) in [5.74, 6) is 0.268. The summed E-state index contributed by atoms with van der Waals surface area (Å²) in [6.45, 7) is 0. The van der Waals surface area contributed by atoms with Crippen molar-refractivity contribution in [2.75, 3.05) is 5.32 Å². The molecule has 1 fully saturated rings. The molecule has 1 aliphatic carbocycles. The summed E-state index contributed by atoms with van der Waals surface area (Å²) in [6, 6.07) is 10.6. The fourth-order valence-corrected chi connectivity index (χ4v) is 2.84. The molecule has 1 aliphatic rings. The highest BCUT2D eigenvalue weighted by Crippen LogP contribution is 2.25. The standard InChI is InChI=1S/C17H19N3O2/c21-16-11-10-15(19-20-16)12-6-8-14(9-7-12)18-17(22)13-4-2-1-3-5-13/h6-11,13H,1-5H2,(H,18,22)(H,20,21). The Morgan fingerprint density at radius 1 is 1.05 bits per heavy atom. The molecule has 0 radical (unpaired) electrons. The van der Waals surface area contributed by atoms with Crippen molar-refractivity contribution < 1.29 is 4.79 Å². The predicted molar refractivity (Wildman–Crippen MR) is 85.5 cm³/mol. The number of amides is 1. The minimum Gasteiger partial charge on any atom is -0.326 e. The number of aromatic nitrogens is 2. The largest absolute Gasteiger partial charge is 0.326 e. The number of carbonyl (C=O) groups is 1. The number of H-pyrrole nitrogens is 1. The summed E-state index contributed by atoms with van der Waals surface area (Å²) in [5.41, 5.74) is 2.17. The maximum absolute atomic E-state index is 12.2. The number of hydrogen-bond acceptors (Lipinski definition) is 3.